The maximum absolute atomic E-state index is 14.2. The fourth-order valence-corrected chi connectivity index (χ4v) is 5.71. The van der Waals surface area contributed by atoms with E-state index >= 15 is 0 Å². The highest BCUT2D eigenvalue weighted by Gasteiger charge is 2.49. The standard InChI is InChI=1S/C43H66N2O9/c1-9-11-13-16-19-22-35(47)23-20-17-14-15-18-21-24-37(43(51,29-31-52-33(3)46)41(50)54-42(4,5)6)39(48)44-38(40(49)45(7)8)32-34-25-27-36(28-26-34)53-30-12-10-2/h21,24-28,37-38,51H,9,11,13-20,22-23,29-32H2,1-8H3,(H,44,48)/t37-,38+,43+/m1/s1. The number of ketones is 1. The third-order valence-electron chi connectivity index (χ3n) is 8.71. The van der Waals surface area contributed by atoms with Gasteiger partial charge < -0.3 is 29.5 Å². The lowest BCUT2D eigenvalue weighted by atomic mass is 9.82. The van der Waals surface area contributed by atoms with Gasteiger partial charge in [0.05, 0.1) is 12.5 Å². The van der Waals surface area contributed by atoms with Crippen molar-refractivity contribution in [2.24, 2.45) is 5.92 Å². The van der Waals surface area contributed by atoms with Crippen molar-refractivity contribution in [1.29, 1.82) is 0 Å². The Morgan fingerprint density at radius 1 is 0.926 bits per heavy atom. The maximum atomic E-state index is 14.2. The smallest absolute Gasteiger partial charge is 0.339 e. The minimum absolute atomic E-state index is 0.119. The predicted molar refractivity (Wildman–Crippen MR) is 210 cm³/mol. The molecule has 0 fully saturated rings. The summed E-state index contributed by atoms with van der Waals surface area (Å²) in [5.74, 6) is 2.19. The number of nitrogens with zero attached hydrogens (tertiary/aromatic N) is 1. The summed E-state index contributed by atoms with van der Waals surface area (Å²) in [6.45, 7) is 9.91. The first-order valence-corrected chi connectivity index (χ1v) is 19.4. The van der Waals surface area contributed by atoms with E-state index in [2.05, 4.69) is 24.1 Å². The monoisotopic (exact) mass is 754 g/mol. The molecule has 11 nitrogen and oxygen atoms in total. The Morgan fingerprint density at radius 3 is 2.09 bits per heavy atom. The minimum atomic E-state index is -2.44. The Bertz CT molecular complexity index is 1400. The Morgan fingerprint density at radius 2 is 1.54 bits per heavy atom. The zero-order valence-corrected chi connectivity index (χ0v) is 34.1. The van der Waals surface area contributed by atoms with E-state index in [1.807, 2.05) is 0 Å². The van der Waals surface area contributed by atoms with Gasteiger partial charge >= 0.3 is 11.9 Å². The van der Waals surface area contributed by atoms with Crippen molar-refractivity contribution < 1.29 is 43.3 Å². The number of unbranched alkanes of at least 4 members (excludes halogenated alkanes) is 8. The van der Waals surface area contributed by atoms with Crippen LogP contribution in [0.25, 0.3) is 0 Å². The molecule has 3 atom stereocenters. The lowest BCUT2D eigenvalue weighted by Crippen LogP contribution is -2.57. The molecule has 1 rings (SSSR count). The van der Waals surface area contributed by atoms with Gasteiger partial charge in [-0.1, -0.05) is 75.7 Å². The molecule has 1 aromatic carbocycles. The van der Waals surface area contributed by atoms with Crippen LogP contribution in [0.1, 0.15) is 131 Å². The maximum Gasteiger partial charge on any atom is 0.339 e. The lowest BCUT2D eigenvalue weighted by Gasteiger charge is -2.35. The van der Waals surface area contributed by atoms with E-state index < -0.39 is 47.4 Å². The quantitative estimate of drug-likeness (QED) is 0.0458. The predicted octanol–water partition coefficient (Wildman–Crippen LogP) is 6.67. The number of allylic oxidation sites excluding steroid dienone is 1. The zero-order valence-electron chi connectivity index (χ0n) is 34.1. The van der Waals surface area contributed by atoms with Crippen molar-refractivity contribution in [2.45, 2.75) is 149 Å². The number of rotatable bonds is 26. The molecule has 1 aromatic rings. The van der Waals surface area contributed by atoms with Gasteiger partial charge in [0.25, 0.3) is 0 Å². The zero-order chi connectivity index (χ0) is 40.6. The number of aliphatic hydroxyl groups is 1. The molecule has 0 aliphatic rings. The fourth-order valence-electron chi connectivity index (χ4n) is 5.71. The summed E-state index contributed by atoms with van der Waals surface area (Å²) in [5.41, 5.74) is -2.70. The normalized spacial score (nSPS) is 13.5. The molecular weight excluding hydrogens is 688 g/mol. The molecule has 302 valence electrons. The number of ether oxygens (including phenoxy) is 3. The Kier molecular flexibility index (Phi) is 22.8. The van der Waals surface area contributed by atoms with Crippen LogP contribution in [0.15, 0.2) is 36.4 Å². The first-order chi connectivity index (χ1) is 25.5. The molecule has 0 radical (unpaired) electrons. The highest BCUT2D eigenvalue weighted by Crippen LogP contribution is 2.29. The van der Waals surface area contributed by atoms with Crippen molar-refractivity contribution in [3.8, 4) is 17.6 Å². The van der Waals surface area contributed by atoms with Crippen LogP contribution < -0.4 is 10.1 Å². The van der Waals surface area contributed by atoms with E-state index in [0.717, 1.165) is 44.1 Å². The van der Waals surface area contributed by atoms with Gasteiger partial charge in [-0.05, 0) is 71.1 Å². The minimum Gasteiger partial charge on any atom is -0.481 e. The molecule has 0 bridgehead atoms. The highest BCUT2D eigenvalue weighted by molar-refractivity contribution is 5.94. The van der Waals surface area contributed by atoms with E-state index in [1.54, 1.807) is 72.1 Å². The van der Waals surface area contributed by atoms with Crippen LogP contribution in [-0.2, 0) is 39.9 Å². The van der Waals surface area contributed by atoms with E-state index in [0.29, 0.717) is 30.8 Å². The number of hydrogen-bond donors (Lipinski definition) is 2. The van der Waals surface area contributed by atoms with Crippen LogP contribution in [0.5, 0.6) is 5.75 Å². The van der Waals surface area contributed by atoms with Crippen LogP contribution in [0, 0.1) is 17.8 Å². The van der Waals surface area contributed by atoms with E-state index in [9.17, 15) is 29.1 Å². The third-order valence-corrected chi connectivity index (χ3v) is 8.71. The second-order valence-electron chi connectivity index (χ2n) is 14.9. The summed E-state index contributed by atoms with van der Waals surface area (Å²) in [6, 6.07) is 6.03. The summed E-state index contributed by atoms with van der Waals surface area (Å²) in [5, 5.41) is 14.8. The lowest BCUT2D eigenvalue weighted by molar-refractivity contribution is -0.186. The number of benzene rings is 1. The van der Waals surface area contributed by atoms with Crippen LogP contribution in [0.4, 0.5) is 0 Å². The van der Waals surface area contributed by atoms with Crippen LogP contribution >= 0.6 is 0 Å². The molecule has 0 saturated carbocycles. The summed E-state index contributed by atoms with van der Waals surface area (Å²) >= 11 is 0. The molecule has 2 amide bonds. The summed E-state index contributed by atoms with van der Waals surface area (Å²) in [6.07, 6.45) is 13.6. The molecule has 0 aliphatic heterocycles. The van der Waals surface area contributed by atoms with Gasteiger partial charge in [0, 0.05) is 46.7 Å². The molecule has 54 heavy (non-hydrogen) atoms. The van der Waals surface area contributed by atoms with Gasteiger partial charge in [-0.3, -0.25) is 19.2 Å². The number of amides is 2. The number of Topliss-reactive ketones (excluding diaryl/α,β-unsaturated/α-hetero) is 1. The summed E-state index contributed by atoms with van der Waals surface area (Å²) in [4.78, 5) is 66.5. The number of hydrogen-bond acceptors (Lipinski definition) is 9. The van der Waals surface area contributed by atoms with Crippen molar-refractivity contribution in [3.05, 3.63) is 42.0 Å². The van der Waals surface area contributed by atoms with Crippen molar-refractivity contribution in [3.63, 3.8) is 0 Å². The fraction of sp³-hybridized carbons (Fsp3) is 0.651. The molecule has 0 unspecified atom stereocenters. The first kappa shape index (κ1) is 47.9. The average Bonchev–Trinajstić information content (AvgIpc) is 3.10. The average molecular weight is 755 g/mol. The second kappa shape index (κ2) is 25.8. The number of esters is 2. The molecular formula is C43H66N2O9. The molecule has 0 saturated heterocycles. The van der Waals surface area contributed by atoms with E-state index in [-0.39, 0.29) is 25.5 Å². The topological polar surface area (TPSA) is 149 Å². The summed E-state index contributed by atoms with van der Waals surface area (Å²) < 4.78 is 16.3. The van der Waals surface area contributed by atoms with Crippen molar-refractivity contribution in [2.75, 3.05) is 27.3 Å². The molecule has 0 heterocycles. The van der Waals surface area contributed by atoms with Crippen molar-refractivity contribution >= 4 is 29.5 Å². The van der Waals surface area contributed by atoms with Crippen LogP contribution in [0.3, 0.4) is 0 Å². The largest absolute Gasteiger partial charge is 0.481 e. The number of likely N-dealkylation sites (N-methyl/N-ethyl adjacent to an activating group) is 1. The van der Waals surface area contributed by atoms with Gasteiger partial charge in [-0.2, -0.15) is 0 Å². The summed E-state index contributed by atoms with van der Waals surface area (Å²) in [7, 11) is 3.15. The Hall–Kier alpha value is -4.17. The third kappa shape index (κ3) is 19.8. The van der Waals surface area contributed by atoms with E-state index in [4.69, 9.17) is 14.2 Å². The Labute approximate surface area is 323 Å². The van der Waals surface area contributed by atoms with E-state index in [1.165, 1.54) is 37.2 Å². The number of carbonyl (C=O) groups excluding carboxylic acids is 5. The van der Waals surface area contributed by atoms with Crippen LogP contribution in [-0.4, -0.2) is 84.1 Å². The number of nitrogens with one attached hydrogen (secondary N) is 1. The first-order valence-electron chi connectivity index (χ1n) is 19.4. The van der Waals surface area contributed by atoms with Gasteiger partial charge in [0.1, 0.15) is 29.8 Å². The van der Waals surface area contributed by atoms with Crippen molar-refractivity contribution in [1.82, 2.24) is 10.2 Å². The number of carbonyl (C=O) groups is 5. The molecule has 2 N–H and O–H groups in total. The molecule has 0 aliphatic carbocycles. The Balaban J connectivity index is 3.22. The van der Waals surface area contributed by atoms with Gasteiger partial charge in [-0.25, -0.2) is 4.79 Å². The SMILES string of the molecule is CC#CCOc1ccc(C[C@H](NC(=O)[C@@H](C=CCCCCCCC(=O)CCCCCCC)[C@@](O)(CCOC(C)=O)C(=O)OC(C)(C)C)C(=O)N(C)C)cc1. The van der Waals surface area contributed by atoms with Gasteiger partial charge in [0.2, 0.25) is 11.8 Å². The molecule has 0 aromatic heterocycles. The second-order valence-corrected chi connectivity index (χ2v) is 14.9. The van der Waals surface area contributed by atoms with Gasteiger partial charge in [0.15, 0.2) is 5.60 Å². The van der Waals surface area contributed by atoms with Gasteiger partial charge in [-0.15, -0.1) is 5.92 Å². The van der Waals surface area contributed by atoms with Crippen LogP contribution in [0.2, 0.25) is 0 Å². The molecule has 11 heteroatoms. The molecule has 0 spiro atoms. The highest BCUT2D eigenvalue weighted by atomic mass is 16.6.